The van der Waals surface area contributed by atoms with Crippen molar-refractivity contribution in [1.82, 2.24) is 31.9 Å². The molecule has 714 valence electrons. The van der Waals surface area contributed by atoms with Gasteiger partial charge in [0.05, 0.1) is 120 Å². The summed E-state index contributed by atoms with van der Waals surface area (Å²) >= 11 is 0. The van der Waals surface area contributed by atoms with E-state index in [1.54, 1.807) is 0 Å². The van der Waals surface area contributed by atoms with Gasteiger partial charge in [-0.05, 0) is 166 Å². The van der Waals surface area contributed by atoms with E-state index >= 15 is 0 Å². The predicted molar refractivity (Wildman–Crippen MR) is 438 cm³/mol. The van der Waals surface area contributed by atoms with Crippen molar-refractivity contribution in [3.8, 4) is 34.5 Å². The summed E-state index contributed by atoms with van der Waals surface area (Å²) in [5.41, 5.74) is 22.3. The topological polar surface area (TPSA) is 662 Å². The van der Waals surface area contributed by atoms with E-state index in [4.69, 9.17) is 102 Å². The van der Waals surface area contributed by atoms with Crippen LogP contribution in [-0.2, 0) is 90.5 Å². The summed E-state index contributed by atoms with van der Waals surface area (Å²) in [6, 6.07) is 8.00. The number of carbonyl (C=O) groups is 6. The van der Waals surface area contributed by atoms with Crippen molar-refractivity contribution >= 4 is 36.0 Å². The third-order valence-corrected chi connectivity index (χ3v) is 20.8. The molecule has 18 atom stereocenters. The molecule has 3 heterocycles. The first-order valence-electron chi connectivity index (χ1n) is 42.0. The molecule has 3 fully saturated rings. The molecule has 126 heavy (non-hydrogen) atoms. The first-order valence-corrected chi connectivity index (χ1v) is 42.0. The second-order valence-electron chi connectivity index (χ2n) is 29.7. The van der Waals surface area contributed by atoms with Crippen molar-refractivity contribution in [2.24, 2.45) is 17.2 Å². The molecule has 3 aliphatic heterocycles. The predicted octanol–water partition coefficient (Wildman–Crippen LogP) is -5.55. The molecule has 45 nitrogen and oxygen atoms in total. The third kappa shape index (κ3) is 33.3. The standard InChI is InChI=1S/C81H129N9O36/c1-109-55-37-46-34-47-38-56(110-2)59(119-29-23-113-17-20-116-26-32-122-80(107)86-53(11-5-8-14-83)74(104)89-77-71(101)68(98)65(95)62(44-92)125-77)41-50(47)36-51-42-60(120-30-24-114-18-21-117-27-33-123-81(108)87-54(12-6-9-15-84)75(105)90-78-72(102)69(99)66(96)63(45-93)126-78)57(111-3)39-48(51)35-49(46)40-58(55)118-28-22-112-16-19-115-25-31-121-79(106)85-52(10-4-7-13-82)73(103)88-76-70(100)67(97)64(94)61(43-91)124-76/h37-42,52-54,61-72,76-78,91-102H,4-36,43-45,82-84H2,1-3H3,(H,85,106)(H,86,107)(H,87,108)(H,88,103)(H,89,104)(H,90,105)/t52-,53-,54-,61+,62+,63+,64+,65+,66+,67-,68-,69-,70+,71+,72+,76+,77+,78+/m0/s1. The summed E-state index contributed by atoms with van der Waals surface area (Å²) in [6.07, 6.45) is -22.1. The maximum Gasteiger partial charge on any atom is 0.407 e. The molecule has 6 amide bonds. The zero-order valence-corrected chi connectivity index (χ0v) is 71.2. The molecule has 1 aliphatic carbocycles. The molecule has 0 spiro atoms. The normalized spacial score (nSPS) is 23.4. The number of unbranched alkanes of at least 4 members (excludes halogenated alkanes) is 3. The fourth-order valence-electron chi connectivity index (χ4n) is 13.8. The number of aliphatic hydroxyl groups is 12. The second-order valence-corrected chi connectivity index (χ2v) is 29.7. The summed E-state index contributed by atoms with van der Waals surface area (Å²) in [5, 5.41) is 136. The zero-order chi connectivity index (χ0) is 91.5. The van der Waals surface area contributed by atoms with Crippen LogP contribution in [0.3, 0.4) is 0 Å². The van der Waals surface area contributed by atoms with Gasteiger partial charge in [0.25, 0.3) is 0 Å². The molecule has 3 saturated heterocycles. The van der Waals surface area contributed by atoms with E-state index in [0.717, 1.165) is 33.4 Å². The largest absolute Gasteiger partial charge is 0.493 e. The average molecular weight is 1800 g/mol. The number of aliphatic hydroxyl groups excluding tert-OH is 12. The monoisotopic (exact) mass is 1800 g/mol. The smallest absolute Gasteiger partial charge is 0.407 e. The maximum absolute atomic E-state index is 13.3. The van der Waals surface area contributed by atoms with Crippen LogP contribution in [0.5, 0.6) is 34.5 Å². The van der Waals surface area contributed by atoms with Crippen molar-refractivity contribution in [2.45, 2.75) is 187 Å². The number of amides is 6. The molecule has 7 rings (SSSR count). The van der Waals surface area contributed by atoms with Gasteiger partial charge >= 0.3 is 18.3 Å². The highest BCUT2D eigenvalue weighted by Crippen LogP contribution is 2.41. The zero-order valence-electron chi connectivity index (χ0n) is 71.2. The molecule has 0 bridgehead atoms. The Morgan fingerprint density at radius 3 is 0.770 bits per heavy atom. The Morgan fingerprint density at radius 1 is 0.325 bits per heavy atom. The first-order chi connectivity index (χ1) is 60.8. The van der Waals surface area contributed by atoms with Gasteiger partial charge in [0, 0.05) is 0 Å². The van der Waals surface area contributed by atoms with Crippen molar-refractivity contribution in [2.75, 3.05) is 180 Å². The molecule has 3 aromatic rings. The quantitative estimate of drug-likeness (QED) is 0.0145. The number of hydrogen-bond acceptors (Lipinski definition) is 39. The Bertz CT molecular complexity index is 3730. The number of hydrogen-bond donors (Lipinski definition) is 21. The third-order valence-electron chi connectivity index (χ3n) is 20.8. The fraction of sp³-hybridized carbons (Fsp3) is 0.704. The van der Waals surface area contributed by atoms with Crippen LogP contribution >= 0.6 is 0 Å². The van der Waals surface area contributed by atoms with E-state index in [1.807, 2.05) is 36.4 Å². The molecule has 3 aromatic carbocycles. The lowest BCUT2D eigenvalue weighted by Gasteiger charge is -2.40. The van der Waals surface area contributed by atoms with Crippen molar-refractivity contribution in [1.29, 1.82) is 0 Å². The molecule has 0 unspecified atom stereocenters. The molecule has 24 N–H and O–H groups in total. The van der Waals surface area contributed by atoms with Gasteiger partial charge in [-0.25, -0.2) is 14.4 Å². The van der Waals surface area contributed by atoms with Gasteiger partial charge in [0.2, 0.25) is 17.7 Å². The number of alkyl carbamates (subject to hydrolysis) is 3. The van der Waals surface area contributed by atoms with E-state index in [9.17, 15) is 90.0 Å². The van der Waals surface area contributed by atoms with E-state index in [-0.39, 0.29) is 138 Å². The van der Waals surface area contributed by atoms with E-state index in [0.29, 0.717) is 112 Å². The van der Waals surface area contributed by atoms with Gasteiger partial charge in [-0.15, -0.1) is 0 Å². The van der Waals surface area contributed by atoms with Crippen LogP contribution in [0.1, 0.15) is 91.2 Å². The second kappa shape index (κ2) is 56.9. The Balaban J connectivity index is 0.928. The summed E-state index contributed by atoms with van der Waals surface area (Å²) in [6.45, 7) is -0.423. The average Bonchev–Trinajstić information content (AvgIpc) is 1.57. The number of nitrogens with one attached hydrogen (secondary N) is 6. The molecule has 0 aromatic heterocycles. The lowest BCUT2D eigenvalue weighted by atomic mass is 9.94. The van der Waals surface area contributed by atoms with Gasteiger partial charge in [-0.1, -0.05) is 0 Å². The van der Waals surface area contributed by atoms with Crippen LogP contribution in [0.25, 0.3) is 0 Å². The van der Waals surface area contributed by atoms with Crippen molar-refractivity contribution < 1.29 is 175 Å². The van der Waals surface area contributed by atoms with Crippen molar-refractivity contribution in [3.05, 3.63) is 69.8 Å². The highest BCUT2D eigenvalue weighted by Gasteiger charge is 2.48. The Labute approximate surface area is 728 Å². The van der Waals surface area contributed by atoms with Crippen LogP contribution in [-0.4, -0.2) is 387 Å². The van der Waals surface area contributed by atoms with E-state index in [1.165, 1.54) is 21.3 Å². The maximum atomic E-state index is 13.3. The van der Waals surface area contributed by atoms with Gasteiger partial charge in [-0.3, -0.25) is 14.4 Å². The minimum absolute atomic E-state index is 0.0270. The van der Waals surface area contributed by atoms with Crippen LogP contribution in [0.2, 0.25) is 0 Å². The summed E-state index contributed by atoms with van der Waals surface area (Å²) in [7, 11) is 4.59. The number of fused-ring (bicyclic) bond motifs is 3. The van der Waals surface area contributed by atoms with Gasteiger partial charge in [-0.2, -0.15) is 0 Å². The first kappa shape index (κ1) is 105. The Hall–Kier alpha value is -8.28. The summed E-state index contributed by atoms with van der Waals surface area (Å²) < 4.78 is 103. The van der Waals surface area contributed by atoms with Crippen LogP contribution in [0.15, 0.2) is 36.4 Å². The van der Waals surface area contributed by atoms with Gasteiger partial charge in [0.1, 0.15) is 131 Å². The number of ether oxygens (including phenoxy) is 18. The minimum atomic E-state index is -1.74. The minimum Gasteiger partial charge on any atom is -0.493 e. The number of nitrogens with two attached hydrogens (primary N) is 3. The van der Waals surface area contributed by atoms with E-state index < -0.39 is 166 Å². The summed E-state index contributed by atoms with van der Waals surface area (Å²) in [4.78, 5) is 78.4. The van der Waals surface area contributed by atoms with Crippen LogP contribution < -0.4 is 77.5 Å². The number of carbonyl (C=O) groups excluding carboxylic acids is 6. The van der Waals surface area contributed by atoms with Crippen molar-refractivity contribution in [3.63, 3.8) is 0 Å². The molecule has 4 aliphatic rings. The lowest BCUT2D eigenvalue weighted by Crippen LogP contribution is -2.64. The van der Waals surface area contributed by atoms with Gasteiger partial charge in [0.15, 0.2) is 53.2 Å². The Morgan fingerprint density at radius 2 is 0.548 bits per heavy atom. The van der Waals surface area contributed by atoms with Crippen LogP contribution in [0, 0.1) is 0 Å². The van der Waals surface area contributed by atoms with Gasteiger partial charge < -0.3 is 196 Å². The molecular formula is C81H129N9O36. The molecule has 0 saturated carbocycles. The molecular weight excluding hydrogens is 1670 g/mol. The Kier molecular flexibility index (Phi) is 47.3. The SMILES string of the molecule is COc1cc2c(cc1OCCOCCOCCOC(=O)N[C@@H](CCCCN)C(=O)N[C@@H]1O[C@H](CO)[C@@H](O)[C@H](O)[C@H]1O)Cc1cc(OC)c(OCCOCCOCCOC(=O)N[C@@H](CCCCN)C(=O)N[C@@H]3O[C@H](CO)[C@@H](O)[C@H](O)[C@H]3O)cc1Cc1cc(OCCOCCOCCOC(=O)N[C@@H](CCCCN)C(=O)N[C@@H]3O[C@H](CO)[C@@H](O)[C@H](O)[C@H]3O)c(OC)cc1C2. The summed E-state index contributed by atoms with van der Waals surface area (Å²) in [5.74, 6) is 0.260. The number of benzene rings is 3. The number of rotatable bonds is 57. The lowest BCUT2D eigenvalue weighted by molar-refractivity contribution is -0.236. The highest BCUT2D eigenvalue weighted by molar-refractivity contribution is 5.87. The van der Waals surface area contributed by atoms with E-state index in [2.05, 4.69) is 31.9 Å². The molecule has 0 radical (unpaired) electrons. The highest BCUT2D eigenvalue weighted by atomic mass is 16.6. The fourth-order valence-corrected chi connectivity index (χ4v) is 13.8. The molecule has 45 heteroatoms. The van der Waals surface area contributed by atoms with Crippen LogP contribution in [0.4, 0.5) is 14.4 Å². The number of methoxy groups -OCH3 is 3.